The zero-order valence-corrected chi connectivity index (χ0v) is 17.1. The van der Waals surface area contributed by atoms with Gasteiger partial charge in [0.15, 0.2) is 0 Å². The lowest BCUT2D eigenvalue weighted by molar-refractivity contribution is -0.116. The van der Waals surface area contributed by atoms with Crippen LogP contribution in [0.1, 0.15) is 36.8 Å². The van der Waals surface area contributed by atoms with Gasteiger partial charge >= 0.3 is 0 Å². The Morgan fingerprint density at radius 1 is 1.07 bits per heavy atom. The molecule has 0 bridgehead atoms. The Balaban J connectivity index is 1.43. The van der Waals surface area contributed by atoms with Crippen LogP contribution in [0, 0.1) is 12.8 Å². The van der Waals surface area contributed by atoms with Crippen LogP contribution < -0.4 is 5.32 Å². The van der Waals surface area contributed by atoms with Crippen molar-refractivity contribution in [2.75, 3.05) is 18.4 Å². The fourth-order valence-electron chi connectivity index (χ4n) is 3.63. The molecule has 2 aromatic carbocycles. The topological polar surface area (TPSA) is 66.5 Å². The summed E-state index contributed by atoms with van der Waals surface area (Å²) in [6.45, 7) is 3.08. The number of nitrogens with one attached hydrogen (secondary N) is 1. The van der Waals surface area contributed by atoms with Gasteiger partial charge in [-0.15, -0.1) is 0 Å². The lowest BCUT2D eigenvalue weighted by atomic mass is 9.93. The third kappa shape index (κ3) is 5.91. The molecule has 1 amide bonds. The van der Waals surface area contributed by atoms with Gasteiger partial charge in [-0.3, -0.25) is 4.79 Å². The molecule has 0 saturated carbocycles. The second kappa shape index (κ2) is 9.34. The molecule has 28 heavy (non-hydrogen) atoms. The van der Waals surface area contributed by atoms with Gasteiger partial charge in [0, 0.05) is 25.2 Å². The first-order chi connectivity index (χ1) is 13.4. The van der Waals surface area contributed by atoms with Crippen molar-refractivity contribution in [3.63, 3.8) is 0 Å². The molecule has 0 spiro atoms. The summed E-state index contributed by atoms with van der Waals surface area (Å²) >= 11 is 0. The van der Waals surface area contributed by atoms with Crippen molar-refractivity contribution in [3.05, 3.63) is 65.7 Å². The molecule has 0 atom stereocenters. The van der Waals surface area contributed by atoms with Crippen molar-refractivity contribution in [1.29, 1.82) is 0 Å². The smallest absolute Gasteiger partial charge is 0.224 e. The normalized spacial score (nSPS) is 16.0. The molecule has 5 nitrogen and oxygen atoms in total. The maximum absolute atomic E-state index is 12.6. The van der Waals surface area contributed by atoms with Gasteiger partial charge in [-0.2, -0.15) is 0 Å². The number of carbonyl (C=O) groups excluding carboxylic acids is 1. The Bertz CT molecular complexity index is 889. The van der Waals surface area contributed by atoms with E-state index in [2.05, 4.69) is 5.32 Å². The molecule has 1 heterocycles. The number of rotatable bonds is 7. The zero-order chi connectivity index (χ0) is 20.0. The zero-order valence-electron chi connectivity index (χ0n) is 16.3. The van der Waals surface area contributed by atoms with Crippen LogP contribution in [0.3, 0.4) is 0 Å². The van der Waals surface area contributed by atoms with E-state index >= 15 is 0 Å². The van der Waals surface area contributed by atoms with Crippen LogP contribution in [-0.2, 0) is 20.6 Å². The molecule has 0 radical (unpaired) electrons. The van der Waals surface area contributed by atoms with Crippen LogP contribution in [0.15, 0.2) is 54.6 Å². The third-order valence-electron chi connectivity index (χ3n) is 5.24. The van der Waals surface area contributed by atoms with Gasteiger partial charge in [0.25, 0.3) is 0 Å². The Morgan fingerprint density at radius 3 is 2.46 bits per heavy atom. The summed E-state index contributed by atoms with van der Waals surface area (Å²) in [7, 11) is -3.28. The van der Waals surface area contributed by atoms with Crippen molar-refractivity contribution in [1.82, 2.24) is 4.31 Å². The third-order valence-corrected chi connectivity index (χ3v) is 7.09. The summed E-state index contributed by atoms with van der Waals surface area (Å²) in [5, 5.41) is 2.94. The molecule has 1 saturated heterocycles. The lowest BCUT2D eigenvalue weighted by Gasteiger charge is -2.31. The fourth-order valence-corrected chi connectivity index (χ4v) is 5.20. The van der Waals surface area contributed by atoms with Crippen molar-refractivity contribution in [3.8, 4) is 0 Å². The highest BCUT2D eigenvalue weighted by Gasteiger charge is 2.28. The predicted molar refractivity (Wildman–Crippen MR) is 112 cm³/mol. The van der Waals surface area contributed by atoms with E-state index < -0.39 is 10.0 Å². The van der Waals surface area contributed by atoms with E-state index in [4.69, 9.17) is 0 Å². The van der Waals surface area contributed by atoms with E-state index in [1.54, 1.807) is 4.31 Å². The van der Waals surface area contributed by atoms with Crippen molar-refractivity contribution >= 4 is 21.6 Å². The van der Waals surface area contributed by atoms with Crippen LogP contribution in [0.5, 0.6) is 0 Å². The van der Waals surface area contributed by atoms with Crippen LogP contribution in [0.2, 0.25) is 0 Å². The van der Waals surface area contributed by atoms with Gasteiger partial charge in [-0.1, -0.05) is 42.5 Å². The molecule has 2 aromatic rings. The maximum atomic E-state index is 12.6. The van der Waals surface area contributed by atoms with Crippen LogP contribution in [0.4, 0.5) is 5.69 Å². The Morgan fingerprint density at radius 2 is 1.79 bits per heavy atom. The first-order valence-corrected chi connectivity index (χ1v) is 11.4. The highest BCUT2D eigenvalue weighted by Crippen LogP contribution is 2.25. The minimum absolute atomic E-state index is 0.0183. The maximum Gasteiger partial charge on any atom is 0.224 e. The number of benzene rings is 2. The number of nitrogens with zero attached hydrogens (tertiary/aromatic N) is 1. The molecule has 6 heteroatoms. The van der Waals surface area contributed by atoms with Crippen molar-refractivity contribution in [2.24, 2.45) is 5.92 Å². The Kier molecular flexibility index (Phi) is 6.86. The van der Waals surface area contributed by atoms with E-state index in [-0.39, 0.29) is 11.7 Å². The lowest BCUT2D eigenvalue weighted by Crippen LogP contribution is -2.39. The number of hydrogen-bond donors (Lipinski definition) is 1. The fraction of sp³-hybridized carbons (Fsp3) is 0.409. The minimum atomic E-state index is -3.28. The summed E-state index contributed by atoms with van der Waals surface area (Å²) in [5.74, 6) is 0.466. The molecule has 0 aromatic heterocycles. The average molecular weight is 401 g/mol. The summed E-state index contributed by atoms with van der Waals surface area (Å²) in [4.78, 5) is 12.2. The van der Waals surface area contributed by atoms with Gasteiger partial charge in [0.1, 0.15) is 0 Å². The van der Waals surface area contributed by atoms with E-state index in [0.29, 0.717) is 25.4 Å². The molecular weight excluding hydrogens is 372 g/mol. The number of aryl methyl sites for hydroxylation is 1. The Labute approximate surface area is 167 Å². The Hall–Kier alpha value is -2.18. The quantitative estimate of drug-likeness (QED) is 0.765. The number of sulfonamides is 1. The van der Waals surface area contributed by atoms with Crippen LogP contribution >= 0.6 is 0 Å². The summed E-state index contributed by atoms with van der Waals surface area (Å²) < 4.78 is 26.8. The second-order valence-corrected chi connectivity index (χ2v) is 9.51. The number of anilines is 1. The number of carbonyl (C=O) groups is 1. The van der Waals surface area contributed by atoms with Crippen LogP contribution in [-0.4, -0.2) is 31.7 Å². The summed E-state index contributed by atoms with van der Waals surface area (Å²) in [6.07, 6.45) is 2.89. The second-order valence-electron chi connectivity index (χ2n) is 7.54. The van der Waals surface area contributed by atoms with Gasteiger partial charge in [0.2, 0.25) is 15.9 Å². The van der Waals surface area contributed by atoms with Gasteiger partial charge < -0.3 is 5.32 Å². The van der Waals surface area contributed by atoms with E-state index in [0.717, 1.165) is 36.1 Å². The van der Waals surface area contributed by atoms with E-state index in [1.807, 2.05) is 61.5 Å². The molecule has 0 unspecified atom stereocenters. The van der Waals surface area contributed by atoms with E-state index in [1.165, 1.54) is 0 Å². The number of piperidine rings is 1. The van der Waals surface area contributed by atoms with Crippen molar-refractivity contribution in [2.45, 2.75) is 38.4 Å². The number of amides is 1. The monoisotopic (exact) mass is 400 g/mol. The standard InChI is InChI=1S/C22H28N2O3S/c1-18-6-5-9-21(16-18)23-22(25)11-10-19-12-14-24(15-13-19)28(26,27)17-20-7-3-2-4-8-20/h2-9,16,19H,10-15,17H2,1H3,(H,23,25). The molecule has 150 valence electrons. The summed E-state index contributed by atoms with van der Waals surface area (Å²) in [6, 6.07) is 17.1. The molecule has 0 aliphatic carbocycles. The molecule has 1 N–H and O–H groups in total. The molecule has 3 rings (SSSR count). The van der Waals surface area contributed by atoms with Gasteiger partial charge in [-0.25, -0.2) is 12.7 Å². The largest absolute Gasteiger partial charge is 0.326 e. The number of hydrogen-bond acceptors (Lipinski definition) is 3. The highest BCUT2D eigenvalue weighted by atomic mass is 32.2. The molecule has 1 aliphatic rings. The molecule has 1 aliphatic heterocycles. The minimum Gasteiger partial charge on any atom is -0.326 e. The molecule has 1 fully saturated rings. The van der Waals surface area contributed by atoms with Gasteiger partial charge in [0.05, 0.1) is 5.75 Å². The highest BCUT2D eigenvalue weighted by molar-refractivity contribution is 7.88. The first kappa shape index (κ1) is 20.6. The van der Waals surface area contributed by atoms with Gasteiger partial charge in [-0.05, 0) is 55.4 Å². The first-order valence-electron chi connectivity index (χ1n) is 9.81. The SMILES string of the molecule is Cc1cccc(NC(=O)CCC2CCN(S(=O)(=O)Cc3ccccc3)CC2)c1. The van der Waals surface area contributed by atoms with Crippen LogP contribution in [0.25, 0.3) is 0 Å². The van der Waals surface area contributed by atoms with Crippen molar-refractivity contribution < 1.29 is 13.2 Å². The summed E-state index contributed by atoms with van der Waals surface area (Å²) in [5.41, 5.74) is 2.76. The van der Waals surface area contributed by atoms with E-state index in [9.17, 15) is 13.2 Å². The predicted octanol–water partition coefficient (Wildman–Crippen LogP) is 3.96. The average Bonchev–Trinajstić information content (AvgIpc) is 2.67. The molecular formula is C22H28N2O3S.